The van der Waals surface area contributed by atoms with Crippen molar-refractivity contribution in [1.82, 2.24) is 0 Å². The molecule has 0 aliphatic heterocycles. The van der Waals surface area contributed by atoms with Crippen LogP contribution < -0.4 is 14.2 Å². The summed E-state index contributed by atoms with van der Waals surface area (Å²) in [5, 5.41) is 29.0. The largest absolute Gasteiger partial charge is 0.506 e. The number of hydrogen-bond donors (Lipinski definition) is 1. The normalized spacial score (nSPS) is 10.8. The van der Waals surface area contributed by atoms with Gasteiger partial charge in [0.15, 0.2) is 11.5 Å². The number of nitrogens with zero attached hydrogens (tertiary/aromatic N) is 3. The van der Waals surface area contributed by atoms with Gasteiger partial charge in [0.1, 0.15) is 11.4 Å². The molecule has 0 heterocycles. The Hall–Kier alpha value is -4.14. The molecule has 9 heteroatoms. The van der Waals surface area contributed by atoms with Gasteiger partial charge in [-0.1, -0.05) is 6.07 Å². The van der Waals surface area contributed by atoms with Crippen LogP contribution in [0.2, 0.25) is 0 Å². The summed E-state index contributed by atoms with van der Waals surface area (Å²) in [7, 11) is 4.58. The van der Waals surface area contributed by atoms with E-state index < -0.39 is 4.92 Å². The minimum atomic E-state index is -0.493. The Kier molecular flexibility index (Phi) is 6.11. The Bertz CT molecular complexity index is 1100. The highest BCUT2D eigenvalue weighted by atomic mass is 16.6. The van der Waals surface area contributed by atoms with Crippen LogP contribution in [0.4, 0.5) is 17.1 Å². The molecule has 30 heavy (non-hydrogen) atoms. The van der Waals surface area contributed by atoms with Crippen molar-refractivity contribution in [2.45, 2.75) is 0 Å². The summed E-state index contributed by atoms with van der Waals surface area (Å²) in [6.07, 6.45) is 0. The van der Waals surface area contributed by atoms with E-state index >= 15 is 0 Å². The number of non-ortho nitro benzene ring substituents is 1. The van der Waals surface area contributed by atoms with Crippen molar-refractivity contribution in [2.24, 2.45) is 10.2 Å². The first kappa shape index (κ1) is 20.6. The van der Waals surface area contributed by atoms with Crippen LogP contribution in [0.1, 0.15) is 0 Å². The highest BCUT2D eigenvalue weighted by Gasteiger charge is 2.18. The van der Waals surface area contributed by atoms with E-state index in [2.05, 4.69) is 10.2 Å². The minimum Gasteiger partial charge on any atom is -0.506 e. The summed E-state index contributed by atoms with van der Waals surface area (Å²) < 4.78 is 16.2. The van der Waals surface area contributed by atoms with Gasteiger partial charge in [-0.05, 0) is 42.0 Å². The summed E-state index contributed by atoms with van der Waals surface area (Å²) in [4.78, 5) is 10.2. The lowest BCUT2D eigenvalue weighted by molar-refractivity contribution is -0.384. The Labute approximate surface area is 172 Å². The van der Waals surface area contributed by atoms with E-state index in [9.17, 15) is 15.2 Å². The van der Waals surface area contributed by atoms with Crippen LogP contribution in [-0.4, -0.2) is 31.4 Å². The van der Waals surface area contributed by atoms with Gasteiger partial charge in [0, 0.05) is 17.7 Å². The van der Waals surface area contributed by atoms with E-state index in [0.717, 1.165) is 0 Å². The fourth-order valence-corrected chi connectivity index (χ4v) is 2.85. The van der Waals surface area contributed by atoms with Gasteiger partial charge in [-0.15, -0.1) is 5.11 Å². The molecule has 0 unspecified atom stereocenters. The van der Waals surface area contributed by atoms with E-state index in [1.807, 2.05) is 6.07 Å². The van der Waals surface area contributed by atoms with Gasteiger partial charge in [-0.2, -0.15) is 5.11 Å². The number of phenols is 1. The third kappa shape index (κ3) is 4.14. The first-order chi connectivity index (χ1) is 14.5. The lowest BCUT2D eigenvalue weighted by Gasteiger charge is -2.16. The van der Waals surface area contributed by atoms with Crippen LogP contribution in [0.3, 0.4) is 0 Å². The second kappa shape index (κ2) is 8.91. The topological polar surface area (TPSA) is 116 Å². The van der Waals surface area contributed by atoms with Crippen molar-refractivity contribution in [3.8, 4) is 34.1 Å². The van der Waals surface area contributed by atoms with Gasteiger partial charge in [0.25, 0.3) is 5.69 Å². The number of methoxy groups -OCH3 is 3. The number of benzene rings is 3. The number of nitro benzene ring substituents is 1. The van der Waals surface area contributed by atoms with E-state index in [1.54, 1.807) is 18.2 Å². The van der Waals surface area contributed by atoms with Crippen molar-refractivity contribution in [3.63, 3.8) is 0 Å². The molecule has 3 aromatic carbocycles. The molecule has 9 nitrogen and oxygen atoms in total. The third-order valence-electron chi connectivity index (χ3n) is 4.32. The molecule has 3 aromatic rings. The smallest absolute Gasteiger partial charge is 0.269 e. The maximum atomic E-state index is 10.7. The molecule has 0 aliphatic carbocycles. The van der Waals surface area contributed by atoms with Gasteiger partial charge in [-0.3, -0.25) is 10.1 Å². The number of phenolic OH excluding ortho intramolecular Hbond substituents is 1. The molecule has 0 saturated carbocycles. The molecule has 1 N–H and O–H groups in total. The van der Waals surface area contributed by atoms with Crippen LogP contribution in [0, 0.1) is 10.1 Å². The van der Waals surface area contributed by atoms with Crippen LogP contribution in [-0.2, 0) is 0 Å². The van der Waals surface area contributed by atoms with Gasteiger partial charge in [0.2, 0.25) is 5.75 Å². The van der Waals surface area contributed by atoms with E-state index in [0.29, 0.717) is 34.1 Å². The van der Waals surface area contributed by atoms with E-state index in [-0.39, 0.29) is 17.1 Å². The maximum absolute atomic E-state index is 10.7. The fourth-order valence-electron chi connectivity index (χ4n) is 2.85. The number of hydrogen-bond acceptors (Lipinski definition) is 8. The summed E-state index contributed by atoms with van der Waals surface area (Å²) in [6, 6.07) is 14.0. The highest BCUT2D eigenvalue weighted by Crippen LogP contribution is 2.45. The summed E-state index contributed by atoms with van der Waals surface area (Å²) >= 11 is 0. The van der Waals surface area contributed by atoms with Crippen molar-refractivity contribution < 1.29 is 24.2 Å². The summed E-state index contributed by atoms with van der Waals surface area (Å²) in [5.74, 6) is 1.37. The zero-order valence-electron chi connectivity index (χ0n) is 16.5. The number of aromatic hydroxyl groups is 1. The molecule has 0 spiro atoms. The Balaban J connectivity index is 1.99. The summed E-state index contributed by atoms with van der Waals surface area (Å²) in [5.41, 5.74) is 2.02. The van der Waals surface area contributed by atoms with E-state index in [1.165, 1.54) is 51.7 Å². The second-order valence-electron chi connectivity index (χ2n) is 6.06. The quantitative estimate of drug-likeness (QED) is 0.317. The average molecular weight is 409 g/mol. The summed E-state index contributed by atoms with van der Waals surface area (Å²) in [6.45, 7) is 0. The van der Waals surface area contributed by atoms with Crippen molar-refractivity contribution >= 4 is 17.1 Å². The molecule has 0 aliphatic rings. The number of ether oxygens (including phenoxy) is 3. The molecule has 0 amide bonds. The Morgan fingerprint density at radius 3 is 2.17 bits per heavy atom. The molecule has 0 fully saturated rings. The monoisotopic (exact) mass is 409 g/mol. The molecule has 0 bridgehead atoms. The Morgan fingerprint density at radius 2 is 1.57 bits per heavy atom. The maximum Gasteiger partial charge on any atom is 0.269 e. The molecular weight excluding hydrogens is 390 g/mol. The molecule has 0 saturated heterocycles. The van der Waals surface area contributed by atoms with Crippen molar-refractivity contribution in [3.05, 3.63) is 64.7 Å². The predicted molar refractivity (Wildman–Crippen MR) is 110 cm³/mol. The Morgan fingerprint density at radius 1 is 0.867 bits per heavy atom. The number of nitro groups is 1. The first-order valence-corrected chi connectivity index (χ1v) is 8.77. The van der Waals surface area contributed by atoms with Crippen LogP contribution in [0.25, 0.3) is 11.1 Å². The number of rotatable bonds is 7. The number of azo groups is 1. The van der Waals surface area contributed by atoms with Gasteiger partial charge < -0.3 is 19.3 Å². The van der Waals surface area contributed by atoms with Crippen molar-refractivity contribution in [1.29, 1.82) is 0 Å². The van der Waals surface area contributed by atoms with Crippen LogP contribution in [0.5, 0.6) is 23.0 Å². The SMILES string of the molecule is COc1ccc(-c2ccc(O)c(N=Nc3ccc([N+](=O)[O-])cc3)c2)c(OC)c1OC. The van der Waals surface area contributed by atoms with Crippen LogP contribution in [0.15, 0.2) is 64.8 Å². The molecular formula is C21H19N3O6. The third-order valence-corrected chi connectivity index (χ3v) is 4.32. The molecule has 3 rings (SSSR count). The van der Waals surface area contributed by atoms with E-state index in [4.69, 9.17) is 14.2 Å². The molecule has 0 atom stereocenters. The van der Waals surface area contributed by atoms with Gasteiger partial charge in [0.05, 0.1) is 31.9 Å². The average Bonchev–Trinajstić information content (AvgIpc) is 2.77. The highest BCUT2D eigenvalue weighted by molar-refractivity contribution is 5.79. The standard InChI is InChI=1S/C21H19N3O6/c1-28-19-11-9-16(20(29-2)21(19)30-3)13-4-10-18(25)17(12-13)23-22-14-5-7-15(8-6-14)24(26)27/h4-12,25H,1-3H3. The minimum absolute atomic E-state index is 0.0423. The van der Waals surface area contributed by atoms with Gasteiger partial charge in [-0.25, -0.2) is 0 Å². The predicted octanol–water partition coefficient (Wildman–Crippen LogP) is 5.41. The lowest BCUT2D eigenvalue weighted by atomic mass is 10.0. The van der Waals surface area contributed by atoms with Gasteiger partial charge >= 0.3 is 0 Å². The zero-order chi connectivity index (χ0) is 21.7. The first-order valence-electron chi connectivity index (χ1n) is 8.77. The second-order valence-corrected chi connectivity index (χ2v) is 6.06. The molecule has 154 valence electrons. The van der Waals surface area contributed by atoms with Crippen molar-refractivity contribution in [2.75, 3.05) is 21.3 Å². The fraction of sp³-hybridized carbons (Fsp3) is 0.143. The zero-order valence-corrected chi connectivity index (χ0v) is 16.5. The molecule has 0 radical (unpaired) electrons. The lowest BCUT2D eigenvalue weighted by Crippen LogP contribution is -1.96. The molecule has 0 aromatic heterocycles. The van der Waals surface area contributed by atoms with Crippen LogP contribution >= 0.6 is 0 Å².